The van der Waals surface area contributed by atoms with E-state index in [2.05, 4.69) is 25.3 Å². The molecule has 0 aliphatic carbocycles. The van der Waals surface area contributed by atoms with Crippen molar-refractivity contribution in [3.63, 3.8) is 0 Å². The fraction of sp³-hybridized carbons (Fsp3) is 0.0588. The Bertz CT molecular complexity index is 844. The highest BCUT2D eigenvalue weighted by molar-refractivity contribution is 6.08. The van der Waals surface area contributed by atoms with Gasteiger partial charge in [-0.05, 0) is 28.0 Å². The summed E-state index contributed by atoms with van der Waals surface area (Å²) in [6.45, 7) is 0.394. The first-order valence-electron chi connectivity index (χ1n) is 7.27. The topological polar surface area (TPSA) is 106 Å². The predicted octanol–water partition coefficient (Wildman–Crippen LogP) is 2.23. The smallest absolute Gasteiger partial charge is 0.256 e. The minimum Gasteiger partial charge on any atom is -0.382 e. The second-order valence-electron chi connectivity index (χ2n) is 4.97. The van der Waals surface area contributed by atoms with Gasteiger partial charge in [0.25, 0.3) is 5.91 Å². The lowest BCUT2D eigenvalue weighted by Crippen LogP contribution is -2.19. The summed E-state index contributed by atoms with van der Waals surface area (Å²) in [6.07, 6.45) is 0. The fourth-order valence-electron chi connectivity index (χ4n) is 2.04. The maximum atomic E-state index is 12.2. The molecule has 1 heterocycles. The van der Waals surface area contributed by atoms with Crippen molar-refractivity contribution < 1.29 is 9.42 Å². The van der Waals surface area contributed by atoms with E-state index in [1.54, 1.807) is 24.3 Å². The number of nitrogens with one attached hydrogen (secondary N) is 1. The molecule has 0 radical (unpaired) electrons. The highest BCUT2D eigenvalue weighted by atomic mass is 16.6. The second-order valence-corrected chi connectivity index (χ2v) is 4.97. The lowest BCUT2D eigenvalue weighted by atomic mass is 10.2. The molecule has 0 saturated carbocycles. The third-order valence-electron chi connectivity index (χ3n) is 3.27. The monoisotopic (exact) mass is 321 g/mol. The van der Waals surface area contributed by atoms with Crippen molar-refractivity contribution in [2.75, 3.05) is 5.32 Å². The number of benzene rings is 2. The molecule has 7 heteroatoms. The first-order chi connectivity index (χ1) is 11.7. The maximum absolute atomic E-state index is 12.2. The number of anilines is 1. The summed E-state index contributed by atoms with van der Waals surface area (Å²) in [7, 11) is 0. The molecule has 120 valence electrons. The van der Waals surface area contributed by atoms with E-state index < -0.39 is 0 Å². The van der Waals surface area contributed by atoms with Gasteiger partial charge in [-0.3, -0.25) is 9.79 Å². The molecule has 7 nitrogen and oxygen atoms in total. The Morgan fingerprint density at radius 3 is 2.42 bits per heavy atom. The first kappa shape index (κ1) is 15.4. The van der Waals surface area contributed by atoms with Gasteiger partial charge in [-0.2, -0.15) is 0 Å². The summed E-state index contributed by atoms with van der Waals surface area (Å²) >= 11 is 0. The molecule has 0 bridgehead atoms. The van der Waals surface area contributed by atoms with Gasteiger partial charge in [-0.15, -0.1) is 0 Å². The normalized spacial score (nSPS) is 11.2. The van der Waals surface area contributed by atoms with Crippen molar-refractivity contribution in [3.05, 3.63) is 77.5 Å². The van der Waals surface area contributed by atoms with Crippen LogP contribution < -0.4 is 11.1 Å². The Morgan fingerprint density at radius 1 is 1.04 bits per heavy atom. The summed E-state index contributed by atoms with van der Waals surface area (Å²) in [5.74, 6) is -0.0509. The number of carbonyl (C=O) groups is 1. The number of aromatic nitrogens is 2. The van der Waals surface area contributed by atoms with Crippen LogP contribution in [0.2, 0.25) is 0 Å². The lowest BCUT2D eigenvalue weighted by Gasteiger charge is -2.03. The highest BCUT2D eigenvalue weighted by Crippen LogP contribution is 2.12. The summed E-state index contributed by atoms with van der Waals surface area (Å²) in [5.41, 5.74) is 7.64. The largest absolute Gasteiger partial charge is 0.382 e. The van der Waals surface area contributed by atoms with Gasteiger partial charge >= 0.3 is 0 Å². The Kier molecular flexibility index (Phi) is 4.62. The zero-order chi connectivity index (χ0) is 16.8. The van der Waals surface area contributed by atoms with Crippen LogP contribution in [-0.2, 0) is 6.54 Å². The zero-order valence-corrected chi connectivity index (χ0v) is 12.7. The first-order valence-corrected chi connectivity index (χ1v) is 7.27. The van der Waals surface area contributed by atoms with Crippen molar-refractivity contribution in [1.29, 1.82) is 0 Å². The lowest BCUT2D eigenvalue weighted by molar-refractivity contribution is 0.102. The molecule has 3 N–H and O–H groups in total. The van der Waals surface area contributed by atoms with Crippen molar-refractivity contribution in [2.24, 2.45) is 10.7 Å². The summed E-state index contributed by atoms with van der Waals surface area (Å²) in [5, 5.41) is 10.0. The van der Waals surface area contributed by atoms with E-state index in [-0.39, 0.29) is 23.3 Å². The standard InChI is InChI=1S/C17H15N5O2/c18-15(19-11-12-7-3-1-4-8-12)14-16(22-24-21-14)20-17(23)13-9-5-2-6-10-13/h1-10H,11H2,(H2,18,19)(H,20,22,23). The average molecular weight is 321 g/mol. The van der Waals surface area contributed by atoms with E-state index in [1.807, 2.05) is 36.4 Å². The minimum absolute atomic E-state index is 0.137. The SMILES string of the molecule is NC(=NCc1ccccc1)c1nonc1NC(=O)c1ccccc1. The number of rotatable bonds is 5. The Hall–Kier alpha value is -3.48. The Balaban J connectivity index is 1.74. The zero-order valence-electron chi connectivity index (χ0n) is 12.7. The van der Waals surface area contributed by atoms with Crippen LogP contribution in [0.3, 0.4) is 0 Å². The molecular weight excluding hydrogens is 306 g/mol. The van der Waals surface area contributed by atoms with E-state index in [0.717, 1.165) is 5.56 Å². The molecule has 3 rings (SSSR count). The quantitative estimate of drug-likeness (QED) is 0.553. The molecular formula is C17H15N5O2. The van der Waals surface area contributed by atoms with Crippen LogP contribution in [0.15, 0.2) is 70.3 Å². The van der Waals surface area contributed by atoms with Crippen molar-refractivity contribution in [3.8, 4) is 0 Å². The number of nitrogens with two attached hydrogens (primary N) is 1. The minimum atomic E-state index is -0.330. The Labute approximate surface area is 138 Å². The van der Waals surface area contributed by atoms with Gasteiger partial charge in [-0.25, -0.2) is 4.63 Å². The summed E-state index contributed by atoms with van der Waals surface area (Å²) < 4.78 is 4.68. The van der Waals surface area contributed by atoms with Crippen LogP contribution in [0.5, 0.6) is 0 Å². The number of amidine groups is 1. The molecule has 0 unspecified atom stereocenters. The van der Waals surface area contributed by atoms with Crippen molar-refractivity contribution in [2.45, 2.75) is 6.54 Å². The van der Waals surface area contributed by atoms with Crippen LogP contribution in [-0.4, -0.2) is 22.1 Å². The maximum Gasteiger partial charge on any atom is 0.256 e. The molecule has 1 amide bonds. The van der Waals surface area contributed by atoms with Crippen LogP contribution in [0.1, 0.15) is 21.6 Å². The van der Waals surface area contributed by atoms with Gasteiger partial charge in [0.05, 0.1) is 6.54 Å². The second kappa shape index (κ2) is 7.19. The summed E-state index contributed by atoms with van der Waals surface area (Å²) in [4.78, 5) is 16.4. The molecule has 24 heavy (non-hydrogen) atoms. The van der Waals surface area contributed by atoms with Gasteiger partial charge in [-0.1, -0.05) is 48.5 Å². The third kappa shape index (κ3) is 3.64. The van der Waals surface area contributed by atoms with E-state index in [1.165, 1.54) is 0 Å². The van der Waals surface area contributed by atoms with Gasteiger partial charge in [0.15, 0.2) is 11.5 Å². The van der Waals surface area contributed by atoms with Gasteiger partial charge in [0.1, 0.15) is 0 Å². The molecule has 0 spiro atoms. The number of hydrogen-bond donors (Lipinski definition) is 2. The van der Waals surface area contributed by atoms with Crippen LogP contribution in [0, 0.1) is 0 Å². The van der Waals surface area contributed by atoms with Gasteiger partial charge < -0.3 is 11.1 Å². The molecule has 0 aliphatic rings. The van der Waals surface area contributed by atoms with E-state index in [4.69, 9.17) is 5.73 Å². The van der Waals surface area contributed by atoms with Crippen molar-refractivity contribution >= 4 is 17.6 Å². The van der Waals surface area contributed by atoms with Crippen LogP contribution in [0.25, 0.3) is 0 Å². The number of hydrogen-bond acceptors (Lipinski definition) is 5. The predicted molar refractivity (Wildman–Crippen MR) is 89.6 cm³/mol. The number of nitrogens with zero attached hydrogens (tertiary/aromatic N) is 3. The third-order valence-corrected chi connectivity index (χ3v) is 3.27. The highest BCUT2D eigenvalue weighted by Gasteiger charge is 2.17. The molecule has 0 atom stereocenters. The fourth-order valence-corrected chi connectivity index (χ4v) is 2.04. The number of carbonyl (C=O) groups excluding carboxylic acids is 1. The van der Waals surface area contributed by atoms with Gasteiger partial charge in [0.2, 0.25) is 5.82 Å². The average Bonchev–Trinajstić information content (AvgIpc) is 3.09. The van der Waals surface area contributed by atoms with Gasteiger partial charge in [0, 0.05) is 5.56 Å². The molecule has 0 saturated heterocycles. The number of aliphatic imine (C=N–C) groups is 1. The van der Waals surface area contributed by atoms with E-state index in [9.17, 15) is 4.79 Å². The van der Waals surface area contributed by atoms with E-state index in [0.29, 0.717) is 12.1 Å². The molecule has 0 fully saturated rings. The van der Waals surface area contributed by atoms with Crippen LogP contribution >= 0.6 is 0 Å². The van der Waals surface area contributed by atoms with Crippen LogP contribution in [0.4, 0.5) is 5.82 Å². The molecule has 2 aromatic carbocycles. The van der Waals surface area contributed by atoms with E-state index >= 15 is 0 Å². The van der Waals surface area contributed by atoms with Crippen molar-refractivity contribution in [1.82, 2.24) is 10.3 Å². The number of amides is 1. The Morgan fingerprint density at radius 2 is 1.71 bits per heavy atom. The molecule has 0 aliphatic heterocycles. The molecule has 3 aromatic rings. The summed E-state index contributed by atoms with van der Waals surface area (Å²) in [6, 6.07) is 18.4. The molecule has 1 aromatic heterocycles.